The van der Waals surface area contributed by atoms with Gasteiger partial charge in [0.15, 0.2) is 0 Å². The summed E-state index contributed by atoms with van der Waals surface area (Å²) in [6, 6.07) is 17.6. The van der Waals surface area contributed by atoms with Crippen molar-refractivity contribution < 1.29 is 18.4 Å². The first-order chi connectivity index (χ1) is 16.8. The molecular weight excluding hydrogens is 448 g/mol. The maximum absolute atomic E-state index is 13.5. The lowest BCUT2D eigenvalue weighted by molar-refractivity contribution is -0.130. The molecule has 1 saturated heterocycles. The largest absolute Gasteiger partial charge is 0.348 e. The highest BCUT2D eigenvalue weighted by Crippen LogP contribution is 2.29. The van der Waals surface area contributed by atoms with Crippen LogP contribution in [-0.2, 0) is 4.79 Å². The highest BCUT2D eigenvalue weighted by molar-refractivity contribution is 5.97. The fourth-order valence-corrected chi connectivity index (χ4v) is 4.36. The van der Waals surface area contributed by atoms with Crippen LogP contribution in [0.25, 0.3) is 22.3 Å². The molecular formula is C28H29F2N3O2. The maximum Gasteiger partial charge on any atom is 0.251 e. The van der Waals surface area contributed by atoms with Crippen LogP contribution in [0.5, 0.6) is 0 Å². The number of amides is 2. The molecule has 0 bridgehead atoms. The lowest BCUT2D eigenvalue weighted by Gasteiger charge is -2.35. The topological polar surface area (TPSA) is 52.7 Å². The van der Waals surface area contributed by atoms with Gasteiger partial charge in [0.2, 0.25) is 5.91 Å². The molecule has 0 spiro atoms. The third-order valence-corrected chi connectivity index (χ3v) is 6.28. The summed E-state index contributed by atoms with van der Waals surface area (Å²) in [6.07, 6.45) is 0. The van der Waals surface area contributed by atoms with Gasteiger partial charge in [-0.3, -0.25) is 14.5 Å². The van der Waals surface area contributed by atoms with E-state index in [2.05, 4.69) is 10.2 Å². The molecule has 0 aromatic heterocycles. The van der Waals surface area contributed by atoms with Crippen molar-refractivity contribution in [2.24, 2.45) is 0 Å². The lowest BCUT2D eigenvalue weighted by atomic mass is 9.95. The number of hydrogen-bond acceptors (Lipinski definition) is 3. The van der Waals surface area contributed by atoms with Gasteiger partial charge >= 0.3 is 0 Å². The minimum atomic E-state index is -0.334. The van der Waals surface area contributed by atoms with E-state index in [9.17, 15) is 18.4 Å². The molecule has 7 heteroatoms. The summed E-state index contributed by atoms with van der Waals surface area (Å²) < 4.78 is 26.9. The van der Waals surface area contributed by atoms with E-state index >= 15 is 0 Å². The van der Waals surface area contributed by atoms with Crippen molar-refractivity contribution >= 4 is 11.8 Å². The normalized spacial score (nSPS) is 15.0. The second-order valence-corrected chi connectivity index (χ2v) is 8.99. The van der Waals surface area contributed by atoms with Crippen LogP contribution in [0.4, 0.5) is 8.78 Å². The van der Waals surface area contributed by atoms with Gasteiger partial charge in [-0.15, -0.1) is 0 Å². The van der Waals surface area contributed by atoms with Crippen LogP contribution in [0.15, 0.2) is 66.7 Å². The summed E-state index contributed by atoms with van der Waals surface area (Å²) >= 11 is 0. The van der Waals surface area contributed by atoms with Crippen LogP contribution in [0.3, 0.4) is 0 Å². The molecule has 1 aliphatic rings. The van der Waals surface area contributed by atoms with E-state index < -0.39 is 0 Å². The summed E-state index contributed by atoms with van der Waals surface area (Å²) in [5.74, 6) is -0.796. The number of carbonyl (C=O) groups is 2. The third kappa shape index (κ3) is 6.31. The Kier molecular flexibility index (Phi) is 7.56. The number of nitrogens with zero attached hydrogens (tertiary/aromatic N) is 2. The first kappa shape index (κ1) is 24.5. The van der Waals surface area contributed by atoms with Gasteiger partial charge in [-0.25, -0.2) is 8.78 Å². The van der Waals surface area contributed by atoms with Crippen molar-refractivity contribution in [3.63, 3.8) is 0 Å². The number of nitrogens with one attached hydrogen (secondary N) is 1. The SMILES string of the molecule is CC(=O)N1CCN(CC(C)NC(=O)c2cc(-c3ccc(F)cc3)cc(-c3ccc(F)cc3)c2)CC1. The predicted molar refractivity (Wildman–Crippen MR) is 133 cm³/mol. The molecule has 5 nitrogen and oxygen atoms in total. The van der Waals surface area contributed by atoms with E-state index in [0.29, 0.717) is 25.2 Å². The smallest absolute Gasteiger partial charge is 0.251 e. The van der Waals surface area contributed by atoms with E-state index in [1.165, 1.54) is 24.3 Å². The van der Waals surface area contributed by atoms with Gasteiger partial charge in [0.1, 0.15) is 11.6 Å². The van der Waals surface area contributed by atoms with Crippen LogP contribution in [-0.4, -0.2) is 60.4 Å². The van der Waals surface area contributed by atoms with Gasteiger partial charge in [-0.05, 0) is 71.6 Å². The molecule has 3 aromatic carbocycles. The highest BCUT2D eigenvalue weighted by Gasteiger charge is 2.21. The first-order valence-electron chi connectivity index (χ1n) is 11.7. The van der Waals surface area contributed by atoms with Crippen LogP contribution < -0.4 is 5.32 Å². The molecule has 1 atom stereocenters. The van der Waals surface area contributed by atoms with Crippen molar-refractivity contribution in [1.29, 1.82) is 0 Å². The van der Waals surface area contributed by atoms with Crippen molar-refractivity contribution in [2.75, 3.05) is 32.7 Å². The Hall–Kier alpha value is -3.58. The van der Waals surface area contributed by atoms with Crippen molar-refractivity contribution in [3.8, 4) is 22.3 Å². The van der Waals surface area contributed by atoms with Crippen LogP contribution in [0.2, 0.25) is 0 Å². The molecule has 1 unspecified atom stereocenters. The Morgan fingerprint density at radius 2 is 1.29 bits per heavy atom. The van der Waals surface area contributed by atoms with Gasteiger partial charge in [-0.2, -0.15) is 0 Å². The van der Waals surface area contributed by atoms with E-state index in [4.69, 9.17) is 0 Å². The molecule has 1 N–H and O–H groups in total. The number of halogens is 2. The summed E-state index contributed by atoms with van der Waals surface area (Å²) in [5.41, 5.74) is 3.57. The summed E-state index contributed by atoms with van der Waals surface area (Å²) in [7, 11) is 0. The van der Waals surface area contributed by atoms with Crippen LogP contribution in [0.1, 0.15) is 24.2 Å². The van der Waals surface area contributed by atoms with Gasteiger partial charge in [0, 0.05) is 51.3 Å². The summed E-state index contributed by atoms with van der Waals surface area (Å²) in [4.78, 5) is 28.8. The minimum Gasteiger partial charge on any atom is -0.348 e. The fourth-order valence-electron chi connectivity index (χ4n) is 4.36. The fraction of sp³-hybridized carbons (Fsp3) is 0.286. The quantitative estimate of drug-likeness (QED) is 0.566. The van der Waals surface area contributed by atoms with Crippen LogP contribution >= 0.6 is 0 Å². The number of piperazine rings is 1. The summed E-state index contributed by atoms with van der Waals surface area (Å²) in [5, 5.41) is 3.07. The molecule has 3 aromatic rings. The Balaban J connectivity index is 1.53. The van der Waals surface area contributed by atoms with Crippen molar-refractivity contribution in [3.05, 3.63) is 83.9 Å². The molecule has 1 aliphatic heterocycles. The Bertz CT molecular complexity index is 1120. The molecule has 0 saturated carbocycles. The lowest BCUT2D eigenvalue weighted by Crippen LogP contribution is -2.51. The van der Waals surface area contributed by atoms with Crippen molar-refractivity contribution in [1.82, 2.24) is 15.1 Å². The average Bonchev–Trinajstić information content (AvgIpc) is 2.85. The Morgan fingerprint density at radius 3 is 1.74 bits per heavy atom. The standard InChI is InChI=1S/C28H29F2N3O2/c1-19(18-32-11-13-33(14-12-32)20(2)34)31-28(35)25-16-23(21-3-7-26(29)8-4-21)15-24(17-25)22-5-9-27(30)10-6-22/h3-10,15-17,19H,11-14,18H2,1-2H3,(H,31,35). The molecule has 1 heterocycles. The molecule has 2 amide bonds. The summed E-state index contributed by atoms with van der Waals surface area (Å²) in [6.45, 7) is 7.15. The predicted octanol–water partition coefficient (Wildman–Crippen LogP) is 4.58. The maximum atomic E-state index is 13.5. The first-order valence-corrected chi connectivity index (χ1v) is 11.7. The monoisotopic (exact) mass is 477 g/mol. The second kappa shape index (κ2) is 10.8. The molecule has 0 radical (unpaired) electrons. The van der Waals surface area contributed by atoms with E-state index in [-0.39, 0.29) is 29.5 Å². The van der Waals surface area contributed by atoms with Crippen molar-refractivity contribution in [2.45, 2.75) is 19.9 Å². The zero-order valence-electron chi connectivity index (χ0n) is 19.9. The Morgan fingerprint density at radius 1 is 0.800 bits per heavy atom. The number of benzene rings is 3. The van der Waals surface area contributed by atoms with E-state index in [1.54, 1.807) is 43.3 Å². The molecule has 0 aliphatic carbocycles. The molecule has 1 fully saturated rings. The van der Waals surface area contributed by atoms with Gasteiger partial charge in [-0.1, -0.05) is 24.3 Å². The number of rotatable bonds is 6. The Labute approximate surface area is 204 Å². The van der Waals surface area contributed by atoms with Gasteiger partial charge in [0.25, 0.3) is 5.91 Å². The number of hydrogen-bond donors (Lipinski definition) is 1. The van der Waals surface area contributed by atoms with Crippen LogP contribution in [0, 0.1) is 11.6 Å². The minimum absolute atomic E-state index is 0.0870. The molecule has 182 valence electrons. The molecule has 35 heavy (non-hydrogen) atoms. The highest BCUT2D eigenvalue weighted by atomic mass is 19.1. The van der Waals surface area contributed by atoms with Gasteiger partial charge in [0.05, 0.1) is 0 Å². The second-order valence-electron chi connectivity index (χ2n) is 8.99. The zero-order valence-corrected chi connectivity index (χ0v) is 19.9. The third-order valence-electron chi connectivity index (χ3n) is 6.28. The molecule has 4 rings (SSSR count). The van der Waals surface area contributed by atoms with E-state index in [0.717, 1.165) is 35.3 Å². The van der Waals surface area contributed by atoms with Gasteiger partial charge < -0.3 is 10.2 Å². The zero-order chi connectivity index (χ0) is 24.9. The number of carbonyl (C=O) groups excluding carboxylic acids is 2. The van der Waals surface area contributed by atoms with E-state index in [1.807, 2.05) is 17.9 Å². The average molecular weight is 478 g/mol.